The van der Waals surface area contributed by atoms with Gasteiger partial charge in [0.25, 0.3) is 5.91 Å². The monoisotopic (exact) mass is 291 g/mol. The number of nitrogens with one attached hydrogen (secondary N) is 2. The van der Waals surface area contributed by atoms with Crippen molar-refractivity contribution in [2.24, 2.45) is 0 Å². The van der Waals surface area contributed by atoms with Gasteiger partial charge in [0.1, 0.15) is 5.82 Å². The third kappa shape index (κ3) is 5.03. The molecule has 4 nitrogen and oxygen atoms in total. The summed E-state index contributed by atoms with van der Waals surface area (Å²) < 4.78 is 0. The van der Waals surface area contributed by atoms with E-state index < -0.39 is 0 Å². The van der Waals surface area contributed by atoms with Crippen LogP contribution in [0.2, 0.25) is 0 Å². The second kappa shape index (κ2) is 7.43. The molecule has 1 amide bonds. The molecule has 0 saturated heterocycles. The first kappa shape index (κ1) is 17.5. The van der Waals surface area contributed by atoms with Crippen LogP contribution in [0.3, 0.4) is 0 Å². The Hall–Kier alpha value is -1.58. The Morgan fingerprint density at radius 1 is 1.19 bits per heavy atom. The summed E-state index contributed by atoms with van der Waals surface area (Å²) >= 11 is 0. The largest absolute Gasteiger partial charge is 0.370 e. The molecule has 21 heavy (non-hydrogen) atoms. The van der Waals surface area contributed by atoms with Crippen LogP contribution >= 0.6 is 0 Å². The smallest absolute Gasteiger partial charge is 0.251 e. The van der Waals surface area contributed by atoms with Gasteiger partial charge in [-0.05, 0) is 31.9 Å². The van der Waals surface area contributed by atoms with E-state index >= 15 is 0 Å². The molecule has 0 aliphatic heterocycles. The van der Waals surface area contributed by atoms with Crippen LogP contribution in [0.5, 0.6) is 0 Å². The van der Waals surface area contributed by atoms with E-state index in [0.717, 1.165) is 30.9 Å². The van der Waals surface area contributed by atoms with Gasteiger partial charge in [0.05, 0.1) is 0 Å². The number of carbonyl (C=O) groups is 1. The second-order valence-electron chi connectivity index (χ2n) is 6.39. The van der Waals surface area contributed by atoms with E-state index in [1.54, 1.807) is 0 Å². The van der Waals surface area contributed by atoms with Crippen molar-refractivity contribution in [2.45, 2.75) is 65.8 Å². The lowest BCUT2D eigenvalue weighted by molar-refractivity contribution is 0.0934. The molecule has 0 aromatic carbocycles. The number of carbonyl (C=O) groups excluding carboxylic acids is 1. The first-order valence-corrected chi connectivity index (χ1v) is 7.89. The zero-order chi connectivity index (χ0) is 16.0. The number of amides is 1. The normalized spacial score (nSPS) is 11.6. The van der Waals surface area contributed by atoms with Gasteiger partial charge in [-0.3, -0.25) is 4.79 Å². The molecule has 0 fully saturated rings. The zero-order valence-corrected chi connectivity index (χ0v) is 14.2. The number of pyridine rings is 1. The zero-order valence-electron chi connectivity index (χ0n) is 14.2. The van der Waals surface area contributed by atoms with Gasteiger partial charge in [0.2, 0.25) is 0 Å². The molecule has 2 N–H and O–H groups in total. The molecule has 0 spiro atoms. The van der Waals surface area contributed by atoms with Crippen molar-refractivity contribution in [3.05, 3.63) is 23.4 Å². The summed E-state index contributed by atoms with van der Waals surface area (Å²) in [5.74, 6) is 0.746. The van der Waals surface area contributed by atoms with E-state index in [4.69, 9.17) is 0 Å². The summed E-state index contributed by atoms with van der Waals surface area (Å²) in [5, 5.41) is 6.29. The highest BCUT2D eigenvalue weighted by atomic mass is 16.1. The van der Waals surface area contributed by atoms with Crippen LogP contribution in [0.4, 0.5) is 5.82 Å². The van der Waals surface area contributed by atoms with Crippen LogP contribution < -0.4 is 10.6 Å². The summed E-state index contributed by atoms with van der Waals surface area (Å²) in [6.45, 7) is 13.3. The van der Waals surface area contributed by atoms with Gasteiger partial charge in [0.15, 0.2) is 0 Å². The van der Waals surface area contributed by atoms with Gasteiger partial charge in [-0.2, -0.15) is 0 Å². The third-order valence-electron chi connectivity index (χ3n) is 3.53. The Bertz CT molecular complexity index is 473. The Morgan fingerprint density at radius 2 is 1.81 bits per heavy atom. The minimum absolute atomic E-state index is 0.0178. The van der Waals surface area contributed by atoms with Gasteiger partial charge in [-0.25, -0.2) is 4.98 Å². The maximum atomic E-state index is 12.4. The fraction of sp³-hybridized carbons (Fsp3) is 0.647. The van der Waals surface area contributed by atoms with E-state index in [9.17, 15) is 4.79 Å². The standard InChI is InChI=1S/C17H29N3O/c1-7-13(8-2)19-16(21)12-10-14(17(4,5)6)20-15(11-12)18-9-3/h10-11,13H,7-9H2,1-6H3,(H,18,20)(H,19,21). The number of hydrogen-bond acceptors (Lipinski definition) is 3. The number of hydrogen-bond donors (Lipinski definition) is 2. The lowest BCUT2D eigenvalue weighted by Crippen LogP contribution is -2.34. The molecule has 0 radical (unpaired) electrons. The van der Waals surface area contributed by atoms with Crippen molar-refractivity contribution in [2.75, 3.05) is 11.9 Å². The van der Waals surface area contributed by atoms with Crippen molar-refractivity contribution >= 4 is 11.7 Å². The summed E-state index contributed by atoms with van der Waals surface area (Å²) in [4.78, 5) is 17.0. The van der Waals surface area contributed by atoms with Gasteiger partial charge < -0.3 is 10.6 Å². The topological polar surface area (TPSA) is 54.0 Å². The first-order valence-electron chi connectivity index (χ1n) is 7.89. The molecule has 0 aliphatic carbocycles. The average Bonchev–Trinajstić information content (AvgIpc) is 2.43. The first-order chi connectivity index (χ1) is 9.81. The molecule has 0 saturated carbocycles. The van der Waals surface area contributed by atoms with E-state index in [2.05, 4.69) is 50.2 Å². The maximum absolute atomic E-state index is 12.4. The molecular weight excluding hydrogens is 262 g/mol. The van der Waals surface area contributed by atoms with Crippen molar-refractivity contribution in [3.63, 3.8) is 0 Å². The predicted molar refractivity (Wildman–Crippen MR) is 88.9 cm³/mol. The summed E-state index contributed by atoms with van der Waals surface area (Å²) in [5.41, 5.74) is 1.52. The summed E-state index contributed by atoms with van der Waals surface area (Å²) in [6.07, 6.45) is 1.89. The Balaban J connectivity index is 3.10. The Labute approximate surface area is 128 Å². The highest BCUT2D eigenvalue weighted by Crippen LogP contribution is 2.23. The fourth-order valence-electron chi connectivity index (χ4n) is 2.08. The van der Waals surface area contributed by atoms with Crippen molar-refractivity contribution in [3.8, 4) is 0 Å². The lowest BCUT2D eigenvalue weighted by atomic mass is 9.90. The molecule has 0 atom stereocenters. The van der Waals surface area contributed by atoms with Crippen LogP contribution in [0.15, 0.2) is 12.1 Å². The van der Waals surface area contributed by atoms with E-state index in [-0.39, 0.29) is 17.4 Å². The molecule has 1 aromatic rings. The molecule has 118 valence electrons. The van der Waals surface area contributed by atoms with Crippen LogP contribution in [-0.4, -0.2) is 23.5 Å². The molecule has 1 aromatic heterocycles. The number of rotatable bonds is 6. The average molecular weight is 291 g/mol. The molecule has 4 heteroatoms. The number of anilines is 1. The summed E-state index contributed by atoms with van der Waals surface area (Å²) in [6, 6.07) is 3.96. The molecule has 0 bridgehead atoms. The summed E-state index contributed by atoms with van der Waals surface area (Å²) in [7, 11) is 0. The van der Waals surface area contributed by atoms with Crippen molar-refractivity contribution < 1.29 is 4.79 Å². The van der Waals surface area contributed by atoms with Crippen LogP contribution in [0.1, 0.15) is 70.4 Å². The fourth-order valence-corrected chi connectivity index (χ4v) is 2.08. The van der Waals surface area contributed by atoms with Gasteiger partial charge in [-0.15, -0.1) is 0 Å². The van der Waals surface area contributed by atoms with E-state index in [1.807, 2.05) is 19.1 Å². The SMILES string of the molecule is CCNc1cc(C(=O)NC(CC)CC)cc(C(C)(C)C)n1. The van der Waals surface area contributed by atoms with E-state index in [1.165, 1.54) is 0 Å². The molecule has 0 unspecified atom stereocenters. The molecule has 1 heterocycles. The maximum Gasteiger partial charge on any atom is 0.251 e. The van der Waals surface area contributed by atoms with Crippen LogP contribution in [0, 0.1) is 0 Å². The molecule has 0 aliphatic rings. The van der Waals surface area contributed by atoms with Gasteiger partial charge >= 0.3 is 0 Å². The molecule has 1 rings (SSSR count). The highest BCUT2D eigenvalue weighted by molar-refractivity contribution is 5.95. The molecular formula is C17H29N3O. The Kier molecular flexibility index (Phi) is 6.19. The quantitative estimate of drug-likeness (QED) is 0.839. The van der Waals surface area contributed by atoms with E-state index in [0.29, 0.717) is 5.56 Å². The number of nitrogens with zero attached hydrogens (tertiary/aromatic N) is 1. The minimum atomic E-state index is -0.0879. The lowest BCUT2D eigenvalue weighted by Gasteiger charge is -2.21. The van der Waals surface area contributed by atoms with Crippen LogP contribution in [-0.2, 0) is 5.41 Å². The van der Waals surface area contributed by atoms with Crippen molar-refractivity contribution in [1.82, 2.24) is 10.3 Å². The minimum Gasteiger partial charge on any atom is -0.370 e. The predicted octanol–water partition coefficient (Wildman–Crippen LogP) is 3.73. The number of aromatic nitrogens is 1. The Morgan fingerprint density at radius 3 is 2.29 bits per heavy atom. The van der Waals surface area contributed by atoms with Crippen LogP contribution in [0.25, 0.3) is 0 Å². The third-order valence-corrected chi connectivity index (χ3v) is 3.53. The second-order valence-corrected chi connectivity index (χ2v) is 6.39. The van der Waals surface area contributed by atoms with Gasteiger partial charge in [0, 0.05) is 29.3 Å². The van der Waals surface area contributed by atoms with Gasteiger partial charge in [-0.1, -0.05) is 34.6 Å². The van der Waals surface area contributed by atoms with Crippen molar-refractivity contribution in [1.29, 1.82) is 0 Å². The highest BCUT2D eigenvalue weighted by Gasteiger charge is 2.20.